The van der Waals surface area contributed by atoms with Crippen molar-refractivity contribution in [1.82, 2.24) is 15.0 Å². The van der Waals surface area contributed by atoms with Crippen LogP contribution in [0.1, 0.15) is 15.5 Å². The van der Waals surface area contributed by atoms with Crippen LogP contribution >= 0.6 is 11.3 Å². The zero-order valence-electron chi connectivity index (χ0n) is 7.88. The smallest absolute Gasteiger partial charge is 0.208 e. The molecule has 15 heavy (non-hydrogen) atoms. The number of aromatic nitrogens is 3. The number of hydrogen-bond acceptors (Lipinski definition) is 5. The fraction of sp³-hybridized carbons (Fsp3) is 0.222. The fourth-order valence-corrected chi connectivity index (χ4v) is 1.86. The molecule has 0 spiro atoms. The number of carbonyl (C=O) groups is 1. The zero-order valence-corrected chi connectivity index (χ0v) is 8.70. The monoisotopic (exact) mass is 222 g/mol. The summed E-state index contributed by atoms with van der Waals surface area (Å²) >= 11 is 1.30. The number of ketones is 1. The summed E-state index contributed by atoms with van der Waals surface area (Å²) in [6, 6.07) is -0.570. The summed E-state index contributed by atoms with van der Waals surface area (Å²) in [6.07, 6.45) is 5.33. The quantitative estimate of drug-likeness (QED) is 0.743. The normalized spacial score (nSPS) is 12.6. The van der Waals surface area contributed by atoms with Crippen molar-refractivity contribution >= 4 is 17.1 Å². The first kappa shape index (κ1) is 10.0. The number of nitrogens with one attached hydrogen (secondary N) is 1. The van der Waals surface area contributed by atoms with Crippen molar-refractivity contribution in [3.05, 3.63) is 34.8 Å². The van der Waals surface area contributed by atoms with E-state index in [1.807, 2.05) is 0 Å². The van der Waals surface area contributed by atoms with E-state index in [4.69, 9.17) is 5.73 Å². The van der Waals surface area contributed by atoms with Crippen molar-refractivity contribution < 1.29 is 4.79 Å². The van der Waals surface area contributed by atoms with Crippen LogP contribution in [0, 0.1) is 0 Å². The summed E-state index contributed by atoms with van der Waals surface area (Å²) in [5.41, 5.74) is 6.55. The summed E-state index contributed by atoms with van der Waals surface area (Å²) in [4.78, 5) is 22.5. The Morgan fingerprint density at radius 1 is 1.60 bits per heavy atom. The fourth-order valence-electron chi connectivity index (χ4n) is 1.22. The first-order valence-electron chi connectivity index (χ1n) is 4.44. The number of rotatable bonds is 4. The minimum Gasteiger partial charge on any atom is -0.351 e. The number of carbonyl (C=O) groups excluding carboxylic acids is 1. The van der Waals surface area contributed by atoms with Crippen LogP contribution in [0.15, 0.2) is 24.1 Å². The minimum absolute atomic E-state index is 0.131. The highest BCUT2D eigenvalue weighted by Gasteiger charge is 2.18. The number of aromatic amines is 1. The summed E-state index contributed by atoms with van der Waals surface area (Å²) in [6.45, 7) is 0. The van der Waals surface area contributed by atoms with Gasteiger partial charge in [0.25, 0.3) is 0 Å². The highest BCUT2D eigenvalue weighted by atomic mass is 32.1. The van der Waals surface area contributed by atoms with Gasteiger partial charge in [0.05, 0.1) is 18.1 Å². The Labute approximate surface area is 90.4 Å². The lowest BCUT2D eigenvalue weighted by Crippen LogP contribution is -2.32. The molecule has 6 heteroatoms. The Morgan fingerprint density at radius 3 is 3.07 bits per heavy atom. The Kier molecular flexibility index (Phi) is 2.89. The van der Waals surface area contributed by atoms with E-state index in [1.54, 1.807) is 24.1 Å². The Hall–Kier alpha value is -1.53. The van der Waals surface area contributed by atoms with E-state index in [2.05, 4.69) is 15.0 Å². The lowest BCUT2D eigenvalue weighted by molar-refractivity contribution is 0.0960. The second-order valence-corrected chi connectivity index (χ2v) is 3.97. The third kappa shape index (κ3) is 2.28. The van der Waals surface area contributed by atoms with Crippen molar-refractivity contribution in [2.24, 2.45) is 5.73 Å². The van der Waals surface area contributed by atoms with Crippen LogP contribution < -0.4 is 5.73 Å². The number of nitrogens with zero attached hydrogens (tertiary/aromatic N) is 2. The van der Waals surface area contributed by atoms with Gasteiger partial charge in [-0.2, -0.15) is 0 Å². The van der Waals surface area contributed by atoms with Crippen molar-refractivity contribution in [2.45, 2.75) is 12.5 Å². The first-order chi connectivity index (χ1) is 7.27. The number of nitrogens with two attached hydrogens (primary N) is 1. The van der Waals surface area contributed by atoms with Crippen LogP contribution in [-0.4, -0.2) is 26.8 Å². The molecule has 0 unspecified atom stereocenters. The third-order valence-electron chi connectivity index (χ3n) is 1.96. The molecule has 2 aromatic rings. The van der Waals surface area contributed by atoms with Gasteiger partial charge >= 0.3 is 0 Å². The van der Waals surface area contributed by atoms with Crippen molar-refractivity contribution in [3.8, 4) is 0 Å². The molecule has 3 N–H and O–H groups in total. The first-order valence-corrected chi connectivity index (χ1v) is 5.32. The Balaban J connectivity index is 2.03. The largest absolute Gasteiger partial charge is 0.351 e. The lowest BCUT2D eigenvalue weighted by atomic mass is 10.1. The molecule has 0 saturated heterocycles. The van der Waals surface area contributed by atoms with Gasteiger partial charge in [0, 0.05) is 24.2 Å². The van der Waals surface area contributed by atoms with E-state index >= 15 is 0 Å². The Bertz CT molecular complexity index is 423. The number of thiazole rings is 1. The third-order valence-corrected chi connectivity index (χ3v) is 2.75. The maximum Gasteiger partial charge on any atom is 0.208 e. The molecule has 0 aliphatic carbocycles. The minimum atomic E-state index is -0.570. The molecule has 5 nitrogen and oxygen atoms in total. The van der Waals surface area contributed by atoms with Crippen molar-refractivity contribution in [2.75, 3.05) is 0 Å². The van der Waals surface area contributed by atoms with Gasteiger partial charge in [-0.05, 0) is 0 Å². The Morgan fingerprint density at radius 2 is 2.47 bits per heavy atom. The molecule has 0 saturated carbocycles. The summed E-state index contributed by atoms with van der Waals surface area (Å²) < 4.78 is 0. The van der Waals surface area contributed by atoms with E-state index in [0.717, 1.165) is 5.69 Å². The molecule has 0 fully saturated rings. The topological polar surface area (TPSA) is 84.7 Å². The average Bonchev–Trinajstić information content (AvgIpc) is 2.88. The molecule has 0 aromatic carbocycles. The van der Waals surface area contributed by atoms with E-state index < -0.39 is 6.04 Å². The molecule has 0 radical (unpaired) electrons. The van der Waals surface area contributed by atoms with Crippen LogP contribution in [-0.2, 0) is 6.42 Å². The van der Waals surface area contributed by atoms with Gasteiger partial charge in [-0.3, -0.25) is 4.79 Å². The van der Waals surface area contributed by atoms with E-state index in [1.165, 1.54) is 11.3 Å². The maximum atomic E-state index is 11.7. The van der Waals surface area contributed by atoms with Crippen LogP contribution in [0.4, 0.5) is 0 Å². The second kappa shape index (κ2) is 4.33. The van der Waals surface area contributed by atoms with Gasteiger partial charge in [-0.1, -0.05) is 0 Å². The van der Waals surface area contributed by atoms with Crippen LogP contribution in [0.2, 0.25) is 0 Å². The van der Waals surface area contributed by atoms with Gasteiger partial charge in [0.1, 0.15) is 0 Å². The summed E-state index contributed by atoms with van der Waals surface area (Å²) in [7, 11) is 0. The van der Waals surface area contributed by atoms with E-state index in [-0.39, 0.29) is 5.78 Å². The average molecular weight is 222 g/mol. The summed E-state index contributed by atoms with van der Waals surface area (Å²) in [5.74, 6) is -0.131. The standard InChI is InChI=1S/C9H10N4OS/c10-7(3-6-4-11-5-13-6)8(14)9-12-1-2-15-9/h1-2,4-5,7H,3,10H2,(H,11,13)/t7-/m0/s1. The van der Waals surface area contributed by atoms with Gasteiger partial charge in [-0.25, -0.2) is 9.97 Å². The predicted octanol–water partition coefficient (Wildman–Crippen LogP) is 0.619. The number of hydrogen-bond donors (Lipinski definition) is 2. The molecule has 2 heterocycles. The van der Waals surface area contributed by atoms with Gasteiger partial charge in [0.2, 0.25) is 5.78 Å². The molecular formula is C9H10N4OS. The molecule has 78 valence electrons. The van der Waals surface area contributed by atoms with E-state index in [9.17, 15) is 4.79 Å². The molecular weight excluding hydrogens is 212 g/mol. The molecule has 2 aromatic heterocycles. The summed E-state index contributed by atoms with van der Waals surface area (Å²) in [5, 5.41) is 2.21. The highest BCUT2D eigenvalue weighted by Crippen LogP contribution is 2.08. The molecule has 0 aliphatic heterocycles. The van der Waals surface area contributed by atoms with Crippen molar-refractivity contribution in [1.29, 1.82) is 0 Å². The van der Waals surface area contributed by atoms with Crippen LogP contribution in [0.25, 0.3) is 0 Å². The second-order valence-electron chi connectivity index (χ2n) is 3.07. The van der Waals surface area contributed by atoms with Gasteiger partial charge < -0.3 is 10.7 Å². The number of Topliss-reactive ketones (excluding diaryl/α,β-unsaturated/α-hetero) is 1. The van der Waals surface area contributed by atoms with E-state index in [0.29, 0.717) is 11.4 Å². The molecule has 1 atom stereocenters. The molecule has 0 bridgehead atoms. The predicted molar refractivity (Wildman–Crippen MR) is 56.7 cm³/mol. The van der Waals surface area contributed by atoms with Crippen LogP contribution in [0.5, 0.6) is 0 Å². The molecule has 2 rings (SSSR count). The van der Waals surface area contributed by atoms with Gasteiger partial charge in [0.15, 0.2) is 5.01 Å². The molecule has 0 aliphatic rings. The number of imidazole rings is 1. The zero-order chi connectivity index (χ0) is 10.7. The SMILES string of the molecule is N[C@@H](Cc1c[nH]cn1)C(=O)c1nccs1. The highest BCUT2D eigenvalue weighted by molar-refractivity contribution is 7.11. The lowest BCUT2D eigenvalue weighted by Gasteiger charge is -2.05. The number of H-pyrrole nitrogens is 1. The maximum absolute atomic E-state index is 11.7. The molecule has 0 amide bonds. The van der Waals surface area contributed by atoms with Gasteiger partial charge in [-0.15, -0.1) is 11.3 Å². The van der Waals surface area contributed by atoms with Crippen LogP contribution in [0.3, 0.4) is 0 Å². The van der Waals surface area contributed by atoms with Crippen molar-refractivity contribution in [3.63, 3.8) is 0 Å².